The lowest BCUT2D eigenvalue weighted by Gasteiger charge is -2.35. The van der Waals surface area contributed by atoms with E-state index >= 15 is 0 Å². The van der Waals surface area contributed by atoms with Crippen LogP contribution in [0.3, 0.4) is 0 Å². The Morgan fingerprint density at radius 2 is 2.33 bits per heavy atom. The van der Waals surface area contributed by atoms with E-state index in [9.17, 15) is 4.79 Å². The molecule has 1 aromatic rings. The first kappa shape index (κ1) is 13.3. The lowest BCUT2D eigenvalue weighted by Crippen LogP contribution is -2.46. The van der Waals surface area contributed by atoms with E-state index in [4.69, 9.17) is 22.3 Å². The molecule has 18 heavy (non-hydrogen) atoms. The average molecular weight is 269 g/mol. The van der Waals surface area contributed by atoms with E-state index < -0.39 is 0 Å². The molecule has 1 amide bonds. The molecule has 1 aliphatic heterocycles. The lowest BCUT2D eigenvalue weighted by atomic mass is 10.0. The second-order valence-electron chi connectivity index (χ2n) is 4.49. The van der Waals surface area contributed by atoms with Gasteiger partial charge in [0.25, 0.3) is 5.91 Å². The average Bonchev–Trinajstić information content (AvgIpc) is 2.39. The Morgan fingerprint density at radius 1 is 1.50 bits per heavy atom. The summed E-state index contributed by atoms with van der Waals surface area (Å²) in [6, 6.07) is 7.08. The first-order valence-electron chi connectivity index (χ1n) is 6.10. The van der Waals surface area contributed by atoms with Crippen molar-refractivity contribution in [3.63, 3.8) is 0 Å². The van der Waals surface area contributed by atoms with Crippen LogP contribution in [0.4, 0.5) is 0 Å². The molecule has 0 aromatic heterocycles. The highest BCUT2D eigenvalue weighted by molar-refractivity contribution is 6.30. The number of nitrogens with two attached hydrogens (primary N) is 1. The minimum absolute atomic E-state index is 0.000694. The van der Waals surface area contributed by atoms with Gasteiger partial charge in [0.1, 0.15) is 0 Å². The van der Waals surface area contributed by atoms with E-state index in [1.54, 1.807) is 24.3 Å². The molecule has 1 unspecified atom stereocenters. The highest BCUT2D eigenvalue weighted by atomic mass is 35.5. The van der Waals surface area contributed by atoms with Gasteiger partial charge in [0.2, 0.25) is 0 Å². The predicted molar refractivity (Wildman–Crippen MR) is 70.3 cm³/mol. The minimum Gasteiger partial charge on any atom is -0.333 e. The van der Waals surface area contributed by atoms with Crippen LogP contribution in [0.1, 0.15) is 29.6 Å². The number of rotatable bonds is 3. The molecule has 0 spiro atoms. The molecule has 98 valence electrons. The molecule has 5 heteroatoms. The van der Waals surface area contributed by atoms with Gasteiger partial charge >= 0.3 is 0 Å². The Labute approximate surface area is 112 Å². The van der Waals surface area contributed by atoms with Gasteiger partial charge in [0, 0.05) is 17.1 Å². The van der Waals surface area contributed by atoms with Crippen LogP contribution in [0.15, 0.2) is 24.3 Å². The van der Waals surface area contributed by atoms with Crippen LogP contribution in [0.2, 0.25) is 5.02 Å². The second kappa shape index (κ2) is 6.18. The zero-order valence-electron chi connectivity index (χ0n) is 10.1. The number of halogens is 1. The molecule has 2 rings (SSSR count). The predicted octanol–water partition coefficient (Wildman–Crippen LogP) is 2.22. The Hall–Kier alpha value is -1.10. The fourth-order valence-electron chi connectivity index (χ4n) is 2.34. The number of likely N-dealkylation sites (tertiary alicyclic amines) is 1. The Morgan fingerprint density at radius 3 is 3.06 bits per heavy atom. The first-order valence-corrected chi connectivity index (χ1v) is 6.48. The Bertz CT molecular complexity index is 423. The van der Waals surface area contributed by atoms with Crippen molar-refractivity contribution < 1.29 is 9.63 Å². The lowest BCUT2D eigenvalue weighted by molar-refractivity contribution is 0.0314. The number of carbonyl (C=O) groups is 1. The van der Waals surface area contributed by atoms with Crippen molar-refractivity contribution in [1.82, 2.24) is 4.90 Å². The zero-order valence-corrected chi connectivity index (χ0v) is 10.9. The molecule has 1 fully saturated rings. The number of benzene rings is 1. The standard InChI is InChI=1S/C13H17ClN2O2/c14-11-5-3-4-10(8-11)13(17)16-7-2-1-6-12(16)9-18-15/h3-5,8,12H,1-2,6-7,9,15H2. The topological polar surface area (TPSA) is 55.6 Å². The normalized spacial score (nSPS) is 19.9. The van der Waals surface area contributed by atoms with Gasteiger partial charge < -0.3 is 9.74 Å². The van der Waals surface area contributed by atoms with Crippen molar-refractivity contribution in [3.8, 4) is 0 Å². The monoisotopic (exact) mass is 268 g/mol. The maximum atomic E-state index is 12.4. The molecule has 0 aliphatic carbocycles. The molecule has 0 radical (unpaired) electrons. The summed E-state index contributed by atoms with van der Waals surface area (Å²) in [5, 5.41) is 0.574. The fraction of sp³-hybridized carbons (Fsp3) is 0.462. The summed E-state index contributed by atoms with van der Waals surface area (Å²) < 4.78 is 0. The van der Waals surface area contributed by atoms with Gasteiger partial charge in [-0.25, -0.2) is 5.90 Å². The fourth-order valence-corrected chi connectivity index (χ4v) is 2.53. The largest absolute Gasteiger partial charge is 0.333 e. The van der Waals surface area contributed by atoms with Crippen LogP contribution >= 0.6 is 11.6 Å². The summed E-state index contributed by atoms with van der Waals surface area (Å²) in [7, 11) is 0. The third-order valence-corrected chi connectivity index (χ3v) is 3.48. The van der Waals surface area contributed by atoms with E-state index in [1.807, 2.05) is 4.90 Å². The molecule has 1 atom stereocenters. The third kappa shape index (κ3) is 3.02. The van der Waals surface area contributed by atoms with Gasteiger partial charge in [0.15, 0.2) is 0 Å². The number of hydrogen-bond acceptors (Lipinski definition) is 3. The number of carbonyl (C=O) groups excluding carboxylic acids is 1. The van der Waals surface area contributed by atoms with Gasteiger partial charge in [-0.15, -0.1) is 0 Å². The van der Waals surface area contributed by atoms with Gasteiger partial charge in [-0.2, -0.15) is 0 Å². The van der Waals surface area contributed by atoms with Gasteiger partial charge in [-0.05, 0) is 37.5 Å². The van der Waals surface area contributed by atoms with Crippen LogP contribution in [0.25, 0.3) is 0 Å². The molecule has 0 saturated carbocycles. The quantitative estimate of drug-likeness (QED) is 0.856. The van der Waals surface area contributed by atoms with E-state index in [1.165, 1.54) is 0 Å². The molecule has 1 aliphatic rings. The Balaban J connectivity index is 2.15. The van der Waals surface area contributed by atoms with Gasteiger partial charge in [0.05, 0.1) is 12.6 Å². The van der Waals surface area contributed by atoms with Crippen molar-refractivity contribution in [2.45, 2.75) is 25.3 Å². The van der Waals surface area contributed by atoms with E-state index in [2.05, 4.69) is 0 Å². The van der Waals surface area contributed by atoms with Crippen LogP contribution < -0.4 is 5.90 Å². The van der Waals surface area contributed by atoms with E-state index in [0.29, 0.717) is 17.2 Å². The van der Waals surface area contributed by atoms with Crippen molar-refractivity contribution in [2.75, 3.05) is 13.2 Å². The van der Waals surface area contributed by atoms with Crippen LogP contribution in [0.5, 0.6) is 0 Å². The summed E-state index contributed by atoms with van der Waals surface area (Å²) in [4.78, 5) is 18.9. The SMILES string of the molecule is NOCC1CCCCN1C(=O)c1cccc(Cl)c1. The van der Waals surface area contributed by atoms with Gasteiger partial charge in [-0.1, -0.05) is 17.7 Å². The summed E-state index contributed by atoms with van der Waals surface area (Å²) in [6.07, 6.45) is 3.06. The van der Waals surface area contributed by atoms with Gasteiger partial charge in [-0.3, -0.25) is 4.79 Å². The first-order chi connectivity index (χ1) is 8.72. The molecule has 4 nitrogen and oxygen atoms in total. The second-order valence-corrected chi connectivity index (χ2v) is 4.93. The number of amides is 1. The van der Waals surface area contributed by atoms with E-state index in [-0.39, 0.29) is 11.9 Å². The van der Waals surface area contributed by atoms with Crippen LogP contribution in [-0.2, 0) is 4.84 Å². The molecule has 1 saturated heterocycles. The zero-order chi connectivity index (χ0) is 13.0. The molecular formula is C13H17ClN2O2. The minimum atomic E-state index is -0.000694. The van der Waals surface area contributed by atoms with Crippen molar-refractivity contribution >= 4 is 17.5 Å². The summed E-state index contributed by atoms with van der Waals surface area (Å²) in [6.45, 7) is 1.13. The molecule has 1 heterocycles. The van der Waals surface area contributed by atoms with Crippen LogP contribution in [0, 0.1) is 0 Å². The Kier molecular flexibility index (Phi) is 4.58. The summed E-state index contributed by atoms with van der Waals surface area (Å²) in [5.74, 6) is 5.12. The number of nitrogens with zero attached hydrogens (tertiary/aromatic N) is 1. The van der Waals surface area contributed by atoms with E-state index in [0.717, 1.165) is 25.8 Å². The molecule has 0 bridgehead atoms. The van der Waals surface area contributed by atoms with Crippen molar-refractivity contribution in [3.05, 3.63) is 34.9 Å². The third-order valence-electron chi connectivity index (χ3n) is 3.25. The summed E-state index contributed by atoms with van der Waals surface area (Å²) >= 11 is 5.91. The maximum absolute atomic E-state index is 12.4. The number of piperidine rings is 1. The molecule has 1 aromatic carbocycles. The molecular weight excluding hydrogens is 252 g/mol. The highest BCUT2D eigenvalue weighted by Crippen LogP contribution is 2.21. The van der Waals surface area contributed by atoms with Crippen molar-refractivity contribution in [1.29, 1.82) is 0 Å². The highest BCUT2D eigenvalue weighted by Gasteiger charge is 2.27. The van der Waals surface area contributed by atoms with Crippen molar-refractivity contribution in [2.24, 2.45) is 5.90 Å². The smallest absolute Gasteiger partial charge is 0.254 e. The molecule has 2 N–H and O–H groups in total. The summed E-state index contributed by atoms with van der Waals surface area (Å²) in [5.41, 5.74) is 0.617. The van der Waals surface area contributed by atoms with Crippen LogP contribution in [-0.4, -0.2) is 30.0 Å². The number of hydrogen-bond donors (Lipinski definition) is 1. The maximum Gasteiger partial charge on any atom is 0.254 e.